The SMILES string of the molecule is CC(C)(C)OC(=O)N1CCN([C@H]2c3ccc(Cl)cc3CCc3cc(Br)cnc32)C[C@@H]1C(=O)N1CCC[C@@H](Cn2ccnc2)C1. The number of ether oxygens (including phenoxy) is 1. The van der Waals surface area contributed by atoms with Gasteiger partial charge in [-0.1, -0.05) is 17.7 Å². The normalized spacial score (nSPS) is 22.6. The number of amides is 2. The van der Waals surface area contributed by atoms with Crippen LogP contribution >= 0.6 is 27.5 Å². The van der Waals surface area contributed by atoms with Gasteiger partial charge in [0.05, 0.1) is 18.1 Å². The summed E-state index contributed by atoms with van der Waals surface area (Å²) >= 11 is 10.1. The monoisotopic (exact) mass is 682 g/mol. The number of hydrogen-bond donors (Lipinski definition) is 0. The molecule has 3 aromatic rings. The summed E-state index contributed by atoms with van der Waals surface area (Å²) in [5, 5.41) is 0.709. The molecule has 0 unspecified atom stereocenters. The number of piperazine rings is 1. The van der Waals surface area contributed by atoms with Crippen LogP contribution in [0, 0.1) is 5.92 Å². The number of carbonyl (C=O) groups excluding carboxylic acids is 2. The van der Waals surface area contributed by atoms with E-state index in [1.54, 1.807) is 11.1 Å². The molecule has 2 aromatic heterocycles. The highest BCUT2D eigenvalue weighted by molar-refractivity contribution is 9.10. The molecule has 234 valence electrons. The van der Waals surface area contributed by atoms with Crippen molar-refractivity contribution in [3.05, 3.63) is 81.1 Å². The quantitative estimate of drug-likeness (QED) is 0.349. The molecule has 11 heteroatoms. The second kappa shape index (κ2) is 12.8. The molecular formula is C33H40BrClN6O3. The maximum atomic E-state index is 14.4. The smallest absolute Gasteiger partial charge is 0.411 e. The first kappa shape index (κ1) is 31.0. The van der Waals surface area contributed by atoms with Crippen LogP contribution in [-0.2, 0) is 28.9 Å². The van der Waals surface area contributed by atoms with Crippen LogP contribution in [-0.4, -0.2) is 85.6 Å². The van der Waals surface area contributed by atoms with Crippen LogP contribution in [0.3, 0.4) is 0 Å². The van der Waals surface area contributed by atoms with E-state index in [1.807, 2.05) is 50.5 Å². The Balaban J connectivity index is 1.32. The lowest BCUT2D eigenvalue weighted by Crippen LogP contribution is -2.63. The largest absolute Gasteiger partial charge is 0.444 e. The minimum absolute atomic E-state index is 0.0233. The van der Waals surface area contributed by atoms with Crippen molar-refractivity contribution < 1.29 is 14.3 Å². The van der Waals surface area contributed by atoms with Crippen molar-refractivity contribution in [1.82, 2.24) is 29.2 Å². The Morgan fingerprint density at radius 1 is 1.09 bits per heavy atom. The van der Waals surface area contributed by atoms with Gasteiger partial charge in [0.15, 0.2) is 0 Å². The highest BCUT2D eigenvalue weighted by Crippen LogP contribution is 2.39. The Bertz CT molecular complexity index is 1460. The van der Waals surface area contributed by atoms with E-state index in [4.69, 9.17) is 21.3 Å². The second-order valence-electron chi connectivity index (χ2n) is 13.2. The molecule has 1 aliphatic carbocycles. The minimum atomic E-state index is -0.677. The molecule has 2 aliphatic heterocycles. The molecule has 44 heavy (non-hydrogen) atoms. The van der Waals surface area contributed by atoms with Crippen LogP contribution < -0.4 is 0 Å². The molecule has 9 nitrogen and oxygen atoms in total. The molecule has 0 spiro atoms. The van der Waals surface area contributed by atoms with Crippen LogP contribution in [0.5, 0.6) is 0 Å². The van der Waals surface area contributed by atoms with Gasteiger partial charge in [-0.05, 0) is 103 Å². The van der Waals surface area contributed by atoms with Crippen LogP contribution in [0.15, 0.2) is 53.7 Å². The number of aromatic nitrogens is 3. The number of hydrogen-bond acceptors (Lipinski definition) is 6. The number of imidazole rings is 1. The molecule has 0 bridgehead atoms. The standard InChI is InChI=1S/C33H40BrClN6O3/c1-33(2,3)44-32(43)41-14-13-39(20-28(41)31(42)40-11-4-5-22(19-40)18-38-12-10-36-21-38)30-27-9-8-26(35)16-23(27)6-7-24-15-25(34)17-37-29(24)30/h8-10,12,15-17,21-22,28,30H,4-7,11,13-14,18-20H2,1-3H3/t22-,28+,30-/m0/s1. The van der Waals surface area contributed by atoms with Gasteiger partial charge in [0.25, 0.3) is 0 Å². The lowest BCUT2D eigenvalue weighted by molar-refractivity contribution is -0.141. The summed E-state index contributed by atoms with van der Waals surface area (Å²) in [6, 6.07) is 7.40. The van der Waals surface area contributed by atoms with E-state index in [0.717, 1.165) is 48.0 Å². The lowest BCUT2D eigenvalue weighted by Gasteiger charge is -2.46. The zero-order valence-electron chi connectivity index (χ0n) is 25.6. The number of likely N-dealkylation sites (tertiary alicyclic amines) is 1. The Morgan fingerprint density at radius 2 is 1.91 bits per heavy atom. The third-order valence-electron chi connectivity index (χ3n) is 8.84. The average Bonchev–Trinajstić information content (AvgIpc) is 3.44. The summed E-state index contributed by atoms with van der Waals surface area (Å²) in [6.45, 7) is 9.06. The minimum Gasteiger partial charge on any atom is -0.444 e. The van der Waals surface area contributed by atoms with Crippen LogP contribution in [0.4, 0.5) is 4.79 Å². The molecule has 2 saturated heterocycles. The Morgan fingerprint density at radius 3 is 2.68 bits per heavy atom. The van der Waals surface area contributed by atoms with E-state index < -0.39 is 17.7 Å². The number of fused-ring (bicyclic) bond motifs is 2. The fraction of sp³-hybridized carbons (Fsp3) is 0.515. The van der Waals surface area contributed by atoms with Gasteiger partial charge in [-0.2, -0.15) is 0 Å². The van der Waals surface area contributed by atoms with Crippen LogP contribution in [0.25, 0.3) is 0 Å². The summed E-state index contributed by atoms with van der Waals surface area (Å²) in [5.74, 6) is 0.300. The zero-order chi connectivity index (χ0) is 31.0. The first-order valence-electron chi connectivity index (χ1n) is 15.5. The van der Waals surface area contributed by atoms with E-state index in [0.29, 0.717) is 43.7 Å². The highest BCUT2D eigenvalue weighted by atomic mass is 79.9. The van der Waals surface area contributed by atoms with Crippen molar-refractivity contribution in [2.24, 2.45) is 5.92 Å². The molecule has 4 heterocycles. The van der Waals surface area contributed by atoms with E-state index in [1.165, 1.54) is 11.1 Å². The number of pyridine rings is 1. The number of piperidine rings is 1. The van der Waals surface area contributed by atoms with Crippen molar-refractivity contribution in [3.8, 4) is 0 Å². The van der Waals surface area contributed by atoms with Gasteiger partial charge in [-0.25, -0.2) is 9.78 Å². The van der Waals surface area contributed by atoms with Gasteiger partial charge in [0, 0.05) is 67.4 Å². The topological polar surface area (TPSA) is 83.8 Å². The number of carbonyl (C=O) groups is 2. The maximum Gasteiger partial charge on any atom is 0.411 e. The number of aryl methyl sites for hydroxylation is 2. The molecule has 6 rings (SSSR count). The van der Waals surface area contributed by atoms with Gasteiger partial charge >= 0.3 is 6.09 Å². The van der Waals surface area contributed by atoms with Crippen LogP contribution in [0.1, 0.15) is 62.0 Å². The third-order valence-corrected chi connectivity index (χ3v) is 9.51. The highest BCUT2D eigenvalue weighted by Gasteiger charge is 2.43. The fourth-order valence-corrected chi connectivity index (χ4v) is 7.46. The summed E-state index contributed by atoms with van der Waals surface area (Å²) in [7, 11) is 0. The summed E-state index contributed by atoms with van der Waals surface area (Å²) in [5.41, 5.74) is 3.83. The van der Waals surface area contributed by atoms with Gasteiger partial charge in [-0.3, -0.25) is 19.6 Å². The summed E-state index contributed by atoms with van der Waals surface area (Å²) in [4.78, 5) is 43.1. The van der Waals surface area contributed by atoms with Gasteiger partial charge < -0.3 is 14.2 Å². The van der Waals surface area contributed by atoms with Crippen molar-refractivity contribution in [2.45, 2.75) is 70.7 Å². The number of nitrogens with zero attached hydrogens (tertiary/aromatic N) is 6. The zero-order valence-corrected chi connectivity index (χ0v) is 27.9. The van der Waals surface area contributed by atoms with E-state index in [-0.39, 0.29) is 11.9 Å². The molecule has 1 aromatic carbocycles. The van der Waals surface area contributed by atoms with Crippen molar-refractivity contribution in [3.63, 3.8) is 0 Å². The van der Waals surface area contributed by atoms with Gasteiger partial charge in [-0.15, -0.1) is 0 Å². The third kappa shape index (κ3) is 6.82. The first-order valence-corrected chi connectivity index (χ1v) is 16.6. The molecular weight excluding hydrogens is 644 g/mol. The average molecular weight is 684 g/mol. The fourth-order valence-electron chi connectivity index (χ4n) is 6.89. The summed E-state index contributed by atoms with van der Waals surface area (Å²) in [6.07, 6.45) is 10.6. The van der Waals surface area contributed by atoms with Crippen molar-refractivity contribution >= 4 is 39.5 Å². The number of rotatable bonds is 4. The van der Waals surface area contributed by atoms with E-state index in [2.05, 4.69) is 48.6 Å². The molecule has 3 aliphatic rings. The van der Waals surface area contributed by atoms with Crippen LogP contribution in [0.2, 0.25) is 5.02 Å². The summed E-state index contributed by atoms with van der Waals surface area (Å²) < 4.78 is 8.85. The number of halogens is 2. The maximum absolute atomic E-state index is 14.4. The second-order valence-corrected chi connectivity index (χ2v) is 14.5. The molecule has 2 fully saturated rings. The van der Waals surface area contributed by atoms with E-state index >= 15 is 0 Å². The molecule has 2 amide bonds. The Labute approximate surface area is 272 Å². The molecule has 0 saturated carbocycles. The van der Waals surface area contributed by atoms with Crippen molar-refractivity contribution in [1.29, 1.82) is 0 Å². The predicted octanol–water partition coefficient (Wildman–Crippen LogP) is 5.74. The number of benzene rings is 1. The molecule has 0 radical (unpaired) electrons. The van der Waals surface area contributed by atoms with Gasteiger partial charge in [0.2, 0.25) is 5.91 Å². The van der Waals surface area contributed by atoms with E-state index in [9.17, 15) is 9.59 Å². The lowest BCUT2D eigenvalue weighted by atomic mass is 9.94. The predicted molar refractivity (Wildman–Crippen MR) is 172 cm³/mol. The molecule has 3 atom stereocenters. The molecule has 0 N–H and O–H groups in total. The Kier molecular flexibility index (Phi) is 9.04. The van der Waals surface area contributed by atoms with Gasteiger partial charge in [0.1, 0.15) is 11.6 Å². The first-order chi connectivity index (χ1) is 21.1. The van der Waals surface area contributed by atoms with Crippen molar-refractivity contribution in [2.75, 3.05) is 32.7 Å². The Hall–Kier alpha value is -2.95.